The van der Waals surface area contributed by atoms with Gasteiger partial charge in [0, 0.05) is 6.92 Å². The molecule has 2 rings (SSSR count). The lowest BCUT2D eigenvalue weighted by Crippen LogP contribution is -2.10. The summed E-state index contributed by atoms with van der Waals surface area (Å²) < 4.78 is 6.79. The number of hydrogen-bond acceptors (Lipinski definition) is 4. The maximum absolute atomic E-state index is 10.9. The molecule has 1 N–H and O–H groups in total. The van der Waals surface area contributed by atoms with E-state index in [4.69, 9.17) is 9.84 Å². The van der Waals surface area contributed by atoms with Gasteiger partial charge in [-0.15, -0.1) is 0 Å². The molecule has 0 spiro atoms. The van der Waals surface area contributed by atoms with Gasteiger partial charge in [-0.25, -0.2) is 9.78 Å². The fraction of sp³-hybridized carbons (Fsp3) is 0.308. The Balaban J connectivity index is 2.31. The number of carbonyl (C=O) groups excluding carboxylic acids is 1. The zero-order valence-electron chi connectivity index (χ0n) is 10.7. The largest absolute Gasteiger partial charge is 0.478 e. The second kappa shape index (κ2) is 5.09. The summed E-state index contributed by atoms with van der Waals surface area (Å²) in [6.45, 7) is 3.95. The van der Waals surface area contributed by atoms with Crippen molar-refractivity contribution in [1.29, 1.82) is 0 Å². The van der Waals surface area contributed by atoms with Crippen LogP contribution in [0.5, 0.6) is 0 Å². The Kier molecular flexibility index (Phi) is 3.50. The molecule has 0 saturated heterocycles. The molecule has 0 unspecified atom stereocenters. The van der Waals surface area contributed by atoms with Crippen LogP contribution < -0.4 is 0 Å². The Morgan fingerprint density at radius 1 is 1.42 bits per heavy atom. The van der Waals surface area contributed by atoms with Gasteiger partial charge < -0.3 is 14.4 Å². The van der Waals surface area contributed by atoms with Crippen LogP contribution in [0.25, 0.3) is 11.0 Å². The molecule has 0 aliphatic carbocycles. The van der Waals surface area contributed by atoms with Gasteiger partial charge in [-0.05, 0) is 25.1 Å². The molecule has 0 radical (unpaired) electrons. The van der Waals surface area contributed by atoms with Gasteiger partial charge >= 0.3 is 11.9 Å². The fourth-order valence-corrected chi connectivity index (χ4v) is 1.95. The van der Waals surface area contributed by atoms with E-state index in [-0.39, 0.29) is 18.1 Å². The number of hydrogen-bond donors (Lipinski definition) is 1. The Hall–Kier alpha value is -2.37. The highest BCUT2D eigenvalue weighted by Gasteiger charge is 2.10. The molecule has 0 amide bonds. The lowest BCUT2D eigenvalue weighted by molar-refractivity contribution is -0.141. The van der Waals surface area contributed by atoms with Crippen molar-refractivity contribution in [2.45, 2.75) is 20.4 Å². The summed E-state index contributed by atoms with van der Waals surface area (Å²) in [6.07, 6.45) is 0. The molecular weight excluding hydrogens is 248 g/mol. The number of carboxylic acids is 1. The second-order valence-electron chi connectivity index (χ2n) is 4.16. The maximum atomic E-state index is 10.9. The summed E-state index contributed by atoms with van der Waals surface area (Å²) in [5.41, 5.74) is 1.66. The number of aromatic carboxylic acids is 1. The van der Waals surface area contributed by atoms with Crippen LogP contribution in [0.2, 0.25) is 0 Å². The zero-order valence-corrected chi connectivity index (χ0v) is 10.7. The SMILES string of the molecule is CC(=O)OCCn1c(C)nc2cc(C(=O)O)ccc21. The molecule has 100 valence electrons. The van der Waals surface area contributed by atoms with Crippen LogP contribution in [0.15, 0.2) is 18.2 Å². The van der Waals surface area contributed by atoms with E-state index in [0.29, 0.717) is 12.1 Å². The van der Waals surface area contributed by atoms with Crippen LogP contribution in [0.1, 0.15) is 23.1 Å². The maximum Gasteiger partial charge on any atom is 0.335 e. The molecule has 0 aliphatic heterocycles. The highest BCUT2D eigenvalue weighted by molar-refractivity contribution is 5.92. The lowest BCUT2D eigenvalue weighted by Gasteiger charge is -2.06. The summed E-state index contributed by atoms with van der Waals surface area (Å²) in [4.78, 5) is 25.9. The molecule has 6 nitrogen and oxygen atoms in total. The summed E-state index contributed by atoms with van der Waals surface area (Å²) in [5.74, 6) is -0.547. The van der Waals surface area contributed by atoms with E-state index in [1.165, 1.54) is 19.1 Å². The van der Waals surface area contributed by atoms with Crippen molar-refractivity contribution in [3.8, 4) is 0 Å². The van der Waals surface area contributed by atoms with Gasteiger partial charge in [-0.3, -0.25) is 4.79 Å². The van der Waals surface area contributed by atoms with Crippen molar-refractivity contribution in [1.82, 2.24) is 9.55 Å². The molecule has 1 aromatic heterocycles. The van der Waals surface area contributed by atoms with Gasteiger partial charge in [0.05, 0.1) is 23.1 Å². The van der Waals surface area contributed by atoms with E-state index in [2.05, 4.69) is 4.98 Å². The molecule has 0 saturated carbocycles. The normalized spacial score (nSPS) is 10.6. The quantitative estimate of drug-likeness (QED) is 0.846. The Labute approximate surface area is 109 Å². The number of benzene rings is 1. The zero-order chi connectivity index (χ0) is 14.0. The van der Waals surface area contributed by atoms with Crippen molar-refractivity contribution in [3.05, 3.63) is 29.6 Å². The van der Waals surface area contributed by atoms with Gasteiger partial charge in [0.25, 0.3) is 0 Å². The lowest BCUT2D eigenvalue weighted by atomic mass is 10.2. The third-order valence-electron chi connectivity index (χ3n) is 2.81. The van der Waals surface area contributed by atoms with Crippen LogP contribution >= 0.6 is 0 Å². The number of aromatic nitrogens is 2. The standard InChI is InChI=1S/C13H14N2O4/c1-8-14-11-7-10(13(17)18)3-4-12(11)15(8)5-6-19-9(2)16/h3-4,7H,5-6H2,1-2H3,(H,17,18). The van der Waals surface area contributed by atoms with E-state index in [1.54, 1.807) is 6.07 Å². The smallest absolute Gasteiger partial charge is 0.335 e. The van der Waals surface area contributed by atoms with Crippen molar-refractivity contribution in [2.24, 2.45) is 0 Å². The third kappa shape index (κ3) is 2.73. The first-order valence-corrected chi connectivity index (χ1v) is 5.82. The number of ether oxygens (including phenoxy) is 1. The Bertz CT molecular complexity index is 645. The predicted molar refractivity (Wildman–Crippen MR) is 68.1 cm³/mol. The highest BCUT2D eigenvalue weighted by Crippen LogP contribution is 2.17. The van der Waals surface area contributed by atoms with E-state index < -0.39 is 5.97 Å². The number of imidazole rings is 1. The van der Waals surface area contributed by atoms with Crippen molar-refractivity contribution < 1.29 is 19.4 Å². The molecule has 2 aromatic rings. The average Bonchev–Trinajstić information content (AvgIpc) is 2.64. The summed E-state index contributed by atoms with van der Waals surface area (Å²) in [6, 6.07) is 4.79. The van der Waals surface area contributed by atoms with E-state index in [9.17, 15) is 9.59 Å². The van der Waals surface area contributed by atoms with Crippen molar-refractivity contribution in [2.75, 3.05) is 6.61 Å². The molecule has 1 heterocycles. The van der Waals surface area contributed by atoms with Crippen LogP contribution in [0.3, 0.4) is 0 Å². The van der Waals surface area contributed by atoms with Crippen molar-refractivity contribution in [3.63, 3.8) is 0 Å². The number of esters is 1. The number of carboxylic acid groups (broad SMARTS) is 1. The number of nitrogens with zero attached hydrogens (tertiary/aromatic N) is 2. The molecular formula is C13H14N2O4. The first-order valence-electron chi connectivity index (χ1n) is 5.82. The third-order valence-corrected chi connectivity index (χ3v) is 2.81. The fourth-order valence-electron chi connectivity index (χ4n) is 1.95. The Morgan fingerprint density at radius 3 is 2.79 bits per heavy atom. The number of rotatable bonds is 4. The summed E-state index contributed by atoms with van der Waals surface area (Å²) >= 11 is 0. The number of carbonyl (C=O) groups is 2. The molecule has 6 heteroatoms. The molecule has 0 fully saturated rings. The van der Waals surface area contributed by atoms with Crippen LogP contribution in [0, 0.1) is 6.92 Å². The topological polar surface area (TPSA) is 81.4 Å². The minimum Gasteiger partial charge on any atom is -0.478 e. The van der Waals surface area contributed by atoms with Gasteiger partial charge in [0.2, 0.25) is 0 Å². The van der Waals surface area contributed by atoms with E-state index in [1.807, 2.05) is 11.5 Å². The molecule has 0 aliphatic rings. The summed E-state index contributed by atoms with van der Waals surface area (Å²) in [5, 5.41) is 8.93. The van der Waals surface area contributed by atoms with Crippen molar-refractivity contribution >= 4 is 23.0 Å². The molecule has 1 aromatic carbocycles. The van der Waals surface area contributed by atoms with Crippen LogP contribution in [-0.2, 0) is 16.1 Å². The number of aryl methyl sites for hydroxylation is 1. The molecule has 0 atom stereocenters. The van der Waals surface area contributed by atoms with E-state index >= 15 is 0 Å². The Morgan fingerprint density at radius 2 is 2.16 bits per heavy atom. The van der Waals surface area contributed by atoms with E-state index in [0.717, 1.165) is 11.3 Å². The molecule has 0 bridgehead atoms. The predicted octanol–water partition coefficient (Wildman–Crippen LogP) is 1.61. The molecule has 19 heavy (non-hydrogen) atoms. The van der Waals surface area contributed by atoms with Gasteiger partial charge in [0.1, 0.15) is 12.4 Å². The minimum absolute atomic E-state index is 0.206. The monoisotopic (exact) mass is 262 g/mol. The number of fused-ring (bicyclic) bond motifs is 1. The van der Waals surface area contributed by atoms with Crippen LogP contribution in [-0.4, -0.2) is 33.2 Å². The minimum atomic E-state index is -0.978. The van der Waals surface area contributed by atoms with Gasteiger partial charge in [-0.1, -0.05) is 0 Å². The first-order chi connectivity index (χ1) is 8.99. The summed E-state index contributed by atoms with van der Waals surface area (Å²) in [7, 11) is 0. The highest BCUT2D eigenvalue weighted by atomic mass is 16.5. The van der Waals surface area contributed by atoms with Crippen LogP contribution in [0.4, 0.5) is 0 Å². The van der Waals surface area contributed by atoms with Gasteiger partial charge in [0.15, 0.2) is 0 Å². The van der Waals surface area contributed by atoms with Gasteiger partial charge in [-0.2, -0.15) is 0 Å². The first kappa shape index (κ1) is 13.1. The second-order valence-corrected chi connectivity index (χ2v) is 4.16. The average molecular weight is 262 g/mol.